The van der Waals surface area contributed by atoms with Gasteiger partial charge in [-0.2, -0.15) is 0 Å². The largest absolute Gasteiger partial charge is 0.326 e. The minimum Gasteiger partial charge on any atom is -0.323 e. The van der Waals surface area contributed by atoms with Crippen molar-refractivity contribution < 1.29 is 9.59 Å². The van der Waals surface area contributed by atoms with Crippen LogP contribution in [-0.4, -0.2) is 41.0 Å². The van der Waals surface area contributed by atoms with Gasteiger partial charge < -0.3 is 5.32 Å². The van der Waals surface area contributed by atoms with Crippen molar-refractivity contribution >= 4 is 27.9 Å². The summed E-state index contributed by atoms with van der Waals surface area (Å²) in [5.41, 5.74) is 0.443. The van der Waals surface area contributed by atoms with E-state index in [1.165, 1.54) is 4.90 Å². The van der Waals surface area contributed by atoms with Crippen LogP contribution in [0, 0.1) is 5.92 Å². The molecule has 3 rings (SSSR count). The fraction of sp³-hybridized carbons (Fsp3) is 0.500. The van der Waals surface area contributed by atoms with Crippen molar-refractivity contribution in [1.82, 2.24) is 15.1 Å². The van der Waals surface area contributed by atoms with E-state index >= 15 is 0 Å². The van der Waals surface area contributed by atoms with Gasteiger partial charge in [0.2, 0.25) is 0 Å². The monoisotopic (exact) mass is 365 g/mol. The Kier molecular flexibility index (Phi) is 3.99. The molecule has 1 unspecified atom stereocenters. The lowest BCUT2D eigenvalue weighted by molar-refractivity contribution is -0.132. The molecule has 1 heterocycles. The molecule has 1 saturated heterocycles. The van der Waals surface area contributed by atoms with Gasteiger partial charge in [0.15, 0.2) is 0 Å². The third-order valence-corrected chi connectivity index (χ3v) is 4.97. The summed E-state index contributed by atoms with van der Waals surface area (Å²) < 4.78 is 1.04. The molecule has 1 aliphatic heterocycles. The third kappa shape index (κ3) is 2.90. The second-order valence-electron chi connectivity index (χ2n) is 6.42. The summed E-state index contributed by atoms with van der Waals surface area (Å²) in [6, 6.07) is 7.76. The molecule has 118 valence electrons. The van der Waals surface area contributed by atoms with Gasteiger partial charge >= 0.3 is 6.03 Å². The van der Waals surface area contributed by atoms with Crippen LogP contribution in [-0.2, 0) is 11.3 Å². The first-order valence-electron chi connectivity index (χ1n) is 7.47. The molecule has 1 saturated carbocycles. The quantitative estimate of drug-likeness (QED) is 0.815. The molecule has 22 heavy (non-hydrogen) atoms. The number of hydrogen-bond acceptors (Lipinski definition) is 3. The van der Waals surface area contributed by atoms with Gasteiger partial charge in [0.25, 0.3) is 5.91 Å². The van der Waals surface area contributed by atoms with E-state index in [1.807, 2.05) is 43.1 Å². The Bertz CT molecular complexity index is 600. The van der Waals surface area contributed by atoms with Crippen LogP contribution in [0.2, 0.25) is 0 Å². The Balaban J connectivity index is 1.63. The lowest BCUT2D eigenvalue weighted by atomic mass is 9.96. The van der Waals surface area contributed by atoms with Gasteiger partial charge in [0, 0.05) is 11.0 Å². The minimum atomic E-state index is -0.699. The van der Waals surface area contributed by atoms with Crippen molar-refractivity contribution in [2.24, 2.45) is 5.92 Å². The van der Waals surface area contributed by atoms with Crippen LogP contribution in [0.5, 0.6) is 0 Å². The van der Waals surface area contributed by atoms with E-state index in [1.54, 1.807) is 0 Å². The highest BCUT2D eigenvalue weighted by Gasteiger charge is 2.55. The Morgan fingerprint density at radius 3 is 2.55 bits per heavy atom. The topological polar surface area (TPSA) is 52.6 Å². The van der Waals surface area contributed by atoms with E-state index in [4.69, 9.17) is 0 Å². The Morgan fingerprint density at radius 2 is 1.95 bits per heavy atom. The number of amides is 3. The number of halogens is 1. The molecular weight excluding hydrogens is 346 g/mol. The van der Waals surface area contributed by atoms with Crippen LogP contribution in [0.25, 0.3) is 0 Å². The van der Waals surface area contributed by atoms with E-state index in [2.05, 4.69) is 21.2 Å². The number of carbonyl (C=O) groups excluding carboxylic acids is 2. The molecular formula is C16H20BrN3O2. The van der Waals surface area contributed by atoms with Gasteiger partial charge in [-0.15, -0.1) is 0 Å². The lowest BCUT2D eigenvalue weighted by Crippen LogP contribution is -2.46. The van der Waals surface area contributed by atoms with Crippen LogP contribution >= 0.6 is 15.9 Å². The predicted molar refractivity (Wildman–Crippen MR) is 87.0 cm³/mol. The molecule has 1 aromatic rings. The average molecular weight is 366 g/mol. The molecule has 1 aromatic carbocycles. The van der Waals surface area contributed by atoms with E-state index in [0.29, 0.717) is 19.1 Å². The highest BCUT2D eigenvalue weighted by molar-refractivity contribution is 9.10. The maximum absolute atomic E-state index is 12.6. The highest BCUT2D eigenvalue weighted by atomic mass is 79.9. The summed E-state index contributed by atoms with van der Waals surface area (Å²) in [6.07, 6.45) is 2.04. The van der Waals surface area contributed by atoms with E-state index < -0.39 is 5.54 Å². The van der Waals surface area contributed by atoms with E-state index in [-0.39, 0.29) is 11.9 Å². The maximum Gasteiger partial charge on any atom is 0.326 e. The minimum absolute atomic E-state index is 0.0948. The highest BCUT2D eigenvalue weighted by Crippen LogP contribution is 2.42. The van der Waals surface area contributed by atoms with Crippen molar-refractivity contribution in [3.63, 3.8) is 0 Å². The molecule has 2 aliphatic rings. The number of nitrogens with one attached hydrogen (secondary N) is 1. The maximum atomic E-state index is 12.6. The summed E-state index contributed by atoms with van der Waals surface area (Å²) in [7, 11) is 1.91. The normalized spacial score (nSPS) is 25.0. The fourth-order valence-electron chi connectivity index (χ4n) is 2.97. The first kappa shape index (κ1) is 15.5. The Labute approximate surface area is 138 Å². The standard InChI is InChI=1S/C16H20BrN3O2/c1-16(12-5-6-12)14(21)20(15(22)18-16)10-19(2)9-11-3-7-13(17)8-4-11/h3-4,7-8,12H,5-6,9-10H2,1-2H3,(H,18,22). The number of rotatable bonds is 5. The van der Waals surface area contributed by atoms with Crippen LogP contribution in [0.15, 0.2) is 28.7 Å². The summed E-state index contributed by atoms with van der Waals surface area (Å²) in [5, 5.41) is 2.87. The second kappa shape index (κ2) is 5.66. The Hall–Kier alpha value is -1.40. The van der Waals surface area contributed by atoms with Crippen molar-refractivity contribution in [1.29, 1.82) is 0 Å². The Morgan fingerprint density at radius 1 is 1.32 bits per heavy atom. The number of nitrogens with zero attached hydrogens (tertiary/aromatic N) is 2. The first-order valence-corrected chi connectivity index (χ1v) is 8.26. The van der Waals surface area contributed by atoms with Gasteiger partial charge in [-0.25, -0.2) is 9.69 Å². The van der Waals surface area contributed by atoms with Crippen molar-refractivity contribution in [2.75, 3.05) is 13.7 Å². The van der Waals surface area contributed by atoms with Gasteiger partial charge in [0.05, 0.1) is 6.67 Å². The third-order valence-electron chi connectivity index (χ3n) is 4.44. The molecule has 0 aromatic heterocycles. The van der Waals surface area contributed by atoms with Crippen LogP contribution < -0.4 is 5.32 Å². The number of imide groups is 1. The average Bonchev–Trinajstić information content (AvgIpc) is 3.28. The number of hydrogen-bond donors (Lipinski definition) is 1. The van der Waals surface area contributed by atoms with E-state index in [9.17, 15) is 9.59 Å². The zero-order valence-electron chi connectivity index (χ0n) is 12.8. The molecule has 3 amide bonds. The zero-order valence-corrected chi connectivity index (χ0v) is 14.4. The molecule has 1 atom stereocenters. The molecule has 2 fully saturated rings. The molecule has 0 spiro atoms. The van der Waals surface area contributed by atoms with Gasteiger partial charge in [-0.1, -0.05) is 28.1 Å². The number of urea groups is 1. The predicted octanol–water partition coefficient (Wildman–Crippen LogP) is 2.56. The smallest absolute Gasteiger partial charge is 0.323 e. The molecule has 1 N–H and O–H groups in total. The van der Waals surface area contributed by atoms with Crippen molar-refractivity contribution in [2.45, 2.75) is 31.8 Å². The molecule has 1 aliphatic carbocycles. The summed E-state index contributed by atoms with van der Waals surface area (Å²) in [4.78, 5) is 28.0. The summed E-state index contributed by atoms with van der Waals surface area (Å²) in [6.45, 7) is 2.84. The molecule has 6 heteroatoms. The molecule has 0 bridgehead atoms. The second-order valence-corrected chi connectivity index (χ2v) is 7.34. The van der Waals surface area contributed by atoms with Crippen molar-refractivity contribution in [3.05, 3.63) is 34.3 Å². The van der Waals surface area contributed by atoms with Crippen LogP contribution in [0.3, 0.4) is 0 Å². The zero-order chi connectivity index (χ0) is 15.9. The van der Waals surface area contributed by atoms with Gasteiger partial charge in [-0.05, 0) is 50.4 Å². The fourth-order valence-corrected chi connectivity index (χ4v) is 3.24. The number of benzene rings is 1. The number of carbonyl (C=O) groups is 2. The van der Waals surface area contributed by atoms with Crippen molar-refractivity contribution in [3.8, 4) is 0 Å². The van der Waals surface area contributed by atoms with Crippen LogP contribution in [0.4, 0.5) is 4.79 Å². The summed E-state index contributed by atoms with van der Waals surface area (Å²) in [5.74, 6) is 0.202. The lowest BCUT2D eigenvalue weighted by Gasteiger charge is -2.24. The van der Waals surface area contributed by atoms with Gasteiger partial charge in [-0.3, -0.25) is 9.69 Å². The first-order chi connectivity index (χ1) is 10.4. The van der Waals surface area contributed by atoms with Gasteiger partial charge in [0.1, 0.15) is 5.54 Å². The summed E-state index contributed by atoms with van der Waals surface area (Å²) >= 11 is 3.41. The van der Waals surface area contributed by atoms with E-state index in [0.717, 1.165) is 22.9 Å². The molecule has 5 nitrogen and oxygen atoms in total. The SMILES string of the molecule is CN(Cc1ccc(Br)cc1)CN1C(=O)NC(C)(C2CC2)C1=O. The van der Waals surface area contributed by atoms with Crippen LogP contribution in [0.1, 0.15) is 25.3 Å². The molecule has 0 radical (unpaired) electrons.